The number of carbonyl (C=O) groups is 1. The lowest BCUT2D eigenvalue weighted by Gasteiger charge is -2.17. The molecule has 0 aromatic heterocycles. The largest absolute Gasteiger partial charge is 0.448 e. The Labute approximate surface area is 155 Å². The average molecular weight is 387 g/mol. The van der Waals surface area contributed by atoms with Crippen molar-refractivity contribution in [3.05, 3.63) is 34.9 Å². The van der Waals surface area contributed by atoms with Crippen LogP contribution in [0.25, 0.3) is 0 Å². The summed E-state index contributed by atoms with van der Waals surface area (Å²) in [5.41, 5.74) is 6.78. The third-order valence-electron chi connectivity index (χ3n) is 3.01. The van der Waals surface area contributed by atoms with Crippen LogP contribution in [0.15, 0.2) is 24.3 Å². The third-order valence-corrected chi connectivity index (χ3v) is 3.25. The van der Waals surface area contributed by atoms with Gasteiger partial charge in [0.25, 0.3) is 0 Å². The highest BCUT2D eigenvalue weighted by Crippen LogP contribution is 2.16. The molecule has 4 N–H and O–H groups in total. The molecule has 0 heterocycles. The van der Waals surface area contributed by atoms with Gasteiger partial charge in [0.2, 0.25) is 0 Å². The Morgan fingerprint density at radius 2 is 2.09 bits per heavy atom. The van der Waals surface area contributed by atoms with Crippen molar-refractivity contribution in [1.82, 2.24) is 10.6 Å². The van der Waals surface area contributed by atoms with Gasteiger partial charge in [-0.15, -0.1) is 24.8 Å². The number of unbranched alkanes of at least 4 members (excludes halogenated alkanes) is 1. The minimum atomic E-state index is -0.377. The summed E-state index contributed by atoms with van der Waals surface area (Å²) >= 11 is 5.96. The minimum absolute atomic E-state index is 0. The van der Waals surface area contributed by atoms with E-state index in [1.165, 1.54) is 0 Å². The Morgan fingerprint density at radius 3 is 2.70 bits per heavy atom. The summed E-state index contributed by atoms with van der Waals surface area (Å²) < 4.78 is 5.06. The molecule has 1 atom stereocenters. The molecule has 0 aliphatic carbocycles. The van der Waals surface area contributed by atoms with E-state index in [9.17, 15) is 4.79 Å². The Balaban J connectivity index is 0. The topological polar surface area (TPSA) is 76.4 Å². The lowest BCUT2D eigenvalue weighted by molar-refractivity contribution is 0.145. The van der Waals surface area contributed by atoms with Crippen LogP contribution < -0.4 is 16.4 Å². The zero-order valence-electron chi connectivity index (χ0n) is 13.2. The molecule has 0 aliphatic rings. The molecule has 0 aliphatic heterocycles. The van der Waals surface area contributed by atoms with E-state index in [2.05, 4.69) is 17.6 Å². The van der Waals surface area contributed by atoms with Crippen molar-refractivity contribution >= 4 is 42.5 Å². The van der Waals surface area contributed by atoms with Gasteiger partial charge in [-0.1, -0.05) is 37.1 Å². The van der Waals surface area contributed by atoms with Crippen molar-refractivity contribution in [3.8, 4) is 0 Å². The van der Waals surface area contributed by atoms with E-state index in [0.717, 1.165) is 18.4 Å². The number of benzene rings is 1. The summed E-state index contributed by atoms with van der Waals surface area (Å²) in [4.78, 5) is 11.3. The average Bonchev–Trinajstić information content (AvgIpc) is 2.47. The Morgan fingerprint density at radius 1 is 1.35 bits per heavy atom. The second-order valence-corrected chi connectivity index (χ2v) is 5.15. The number of hydrogen-bond acceptors (Lipinski definition) is 4. The summed E-state index contributed by atoms with van der Waals surface area (Å²) in [6, 6.07) is 7.55. The maximum Gasteiger partial charge on any atom is 0.407 e. The van der Waals surface area contributed by atoms with Gasteiger partial charge in [0.15, 0.2) is 0 Å². The van der Waals surface area contributed by atoms with Gasteiger partial charge in [0.1, 0.15) is 6.61 Å². The van der Waals surface area contributed by atoms with E-state index in [-0.39, 0.29) is 36.9 Å². The van der Waals surface area contributed by atoms with Crippen LogP contribution in [0.1, 0.15) is 31.4 Å². The summed E-state index contributed by atoms with van der Waals surface area (Å²) in [6.07, 6.45) is 1.62. The van der Waals surface area contributed by atoms with Crippen molar-refractivity contribution in [2.75, 3.05) is 26.2 Å². The van der Waals surface area contributed by atoms with E-state index in [1.807, 2.05) is 24.3 Å². The molecule has 1 aromatic rings. The first-order valence-corrected chi connectivity index (χ1v) is 7.64. The summed E-state index contributed by atoms with van der Waals surface area (Å²) in [5.74, 6) is 0. The van der Waals surface area contributed by atoms with Crippen LogP contribution in [-0.4, -0.2) is 32.3 Å². The molecule has 1 aromatic carbocycles. The molecule has 1 unspecified atom stereocenters. The van der Waals surface area contributed by atoms with Gasteiger partial charge in [0, 0.05) is 30.7 Å². The number of ether oxygens (including phenoxy) is 1. The first-order chi connectivity index (χ1) is 10.2. The maximum atomic E-state index is 11.3. The second-order valence-electron chi connectivity index (χ2n) is 4.71. The molecule has 23 heavy (non-hydrogen) atoms. The van der Waals surface area contributed by atoms with Crippen LogP contribution in [-0.2, 0) is 4.74 Å². The third kappa shape index (κ3) is 10.6. The Hall–Kier alpha value is -0.720. The van der Waals surface area contributed by atoms with Crippen LogP contribution in [0.3, 0.4) is 0 Å². The van der Waals surface area contributed by atoms with E-state index >= 15 is 0 Å². The monoisotopic (exact) mass is 385 g/mol. The minimum Gasteiger partial charge on any atom is -0.448 e. The van der Waals surface area contributed by atoms with E-state index in [1.54, 1.807) is 0 Å². The quantitative estimate of drug-likeness (QED) is 0.569. The van der Waals surface area contributed by atoms with Crippen LogP contribution >= 0.6 is 36.4 Å². The second kappa shape index (κ2) is 14.8. The van der Waals surface area contributed by atoms with Crippen LogP contribution in [0.2, 0.25) is 5.02 Å². The smallest absolute Gasteiger partial charge is 0.407 e. The van der Waals surface area contributed by atoms with Crippen LogP contribution in [0.4, 0.5) is 4.79 Å². The predicted molar refractivity (Wildman–Crippen MR) is 100 cm³/mol. The highest BCUT2D eigenvalue weighted by Gasteiger charge is 2.09. The van der Waals surface area contributed by atoms with Crippen molar-refractivity contribution in [2.24, 2.45) is 5.73 Å². The fourth-order valence-corrected chi connectivity index (χ4v) is 2.05. The van der Waals surface area contributed by atoms with E-state index < -0.39 is 0 Å². The Kier molecular flexibility index (Phi) is 15.8. The van der Waals surface area contributed by atoms with E-state index in [4.69, 9.17) is 22.1 Å². The van der Waals surface area contributed by atoms with Gasteiger partial charge in [-0.25, -0.2) is 4.79 Å². The van der Waals surface area contributed by atoms with Gasteiger partial charge in [0.05, 0.1) is 0 Å². The van der Waals surface area contributed by atoms with Crippen molar-refractivity contribution < 1.29 is 9.53 Å². The Bertz CT molecular complexity index is 436. The molecule has 8 heteroatoms. The van der Waals surface area contributed by atoms with Gasteiger partial charge in [-0.2, -0.15) is 0 Å². The fourth-order valence-electron chi connectivity index (χ4n) is 1.86. The zero-order chi connectivity index (χ0) is 15.5. The molecular weight excluding hydrogens is 361 g/mol. The number of amides is 1. The number of alkyl carbamates (subject to hydrolysis) is 1. The molecule has 0 saturated carbocycles. The van der Waals surface area contributed by atoms with Crippen LogP contribution in [0.5, 0.6) is 0 Å². The van der Waals surface area contributed by atoms with Gasteiger partial charge >= 0.3 is 6.09 Å². The molecular formula is C15H26Cl3N3O2. The van der Waals surface area contributed by atoms with Crippen molar-refractivity contribution in [3.63, 3.8) is 0 Å². The number of halogens is 3. The lowest BCUT2D eigenvalue weighted by atomic mass is 10.1. The normalized spacial score (nSPS) is 10.9. The molecule has 1 amide bonds. The first kappa shape index (κ1) is 24.5. The molecule has 0 spiro atoms. The molecule has 0 saturated heterocycles. The number of rotatable bonds is 9. The summed E-state index contributed by atoms with van der Waals surface area (Å²) in [6.45, 7) is 4.00. The molecule has 0 radical (unpaired) electrons. The highest BCUT2D eigenvalue weighted by molar-refractivity contribution is 6.30. The van der Waals surface area contributed by atoms with E-state index in [0.29, 0.717) is 31.3 Å². The number of nitrogens with one attached hydrogen (secondary N) is 2. The molecule has 0 fully saturated rings. The molecule has 5 nitrogen and oxygen atoms in total. The summed E-state index contributed by atoms with van der Waals surface area (Å²) in [7, 11) is 0. The fraction of sp³-hybridized carbons (Fsp3) is 0.533. The van der Waals surface area contributed by atoms with Gasteiger partial charge in [-0.3, -0.25) is 0 Å². The molecule has 0 bridgehead atoms. The number of nitrogens with two attached hydrogens (primary N) is 1. The first-order valence-electron chi connectivity index (χ1n) is 7.27. The van der Waals surface area contributed by atoms with Crippen molar-refractivity contribution in [1.29, 1.82) is 0 Å². The SMILES string of the molecule is CCCCNC(=O)OCCNC(CN)c1cccc(Cl)c1.Cl.Cl. The molecule has 134 valence electrons. The number of hydrogen-bond donors (Lipinski definition) is 3. The zero-order valence-corrected chi connectivity index (χ0v) is 15.6. The maximum absolute atomic E-state index is 11.3. The standard InChI is InChI=1S/C15H24ClN3O2.2ClH/c1-2-3-7-19-15(20)21-9-8-18-14(11-17)12-5-4-6-13(16)10-12;;/h4-6,10,14,18H,2-3,7-9,11,17H2,1H3,(H,19,20);2*1H. The van der Waals surface area contributed by atoms with Crippen LogP contribution in [0, 0.1) is 0 Å². The van der Waals surface area contributed by atoms with Crippen molar-refractivity contribution in [2.45, 2.75) is 25.8 Å². The molecule has 1 rings (SSSR count). The lowest BCUT2D eigenvalue weighted by Crippen LogP contribution is -2.33. The van der Waals surface area contributed by atoms with Gasteiger partial charge in [-0.05, 0) is 24.1 Å². The highest BCUT2D eigenvalue weighted by atomic mass is 35.5. The van der Waals surface area contributed by atoms with Gasteiger partial charge < -0.3 is 21.1 Å². The number of carbonyl (C=O) groups excluding carboxylic acids is 1. The summed E-state index contributed by atoms with van der Waals surface area (Å²) in [5, 5.41) is 6.62. The predicted octanol–water partition coefficient (Wildman–Crippen LogP) is 3.30.